The molecule has 0 aliphatic rings. The number of aryl methyl sites for hydroxylation is 2. The van der Waals surface area contributed by atoms with Crippen LogP contribution in [0.4, 0.5) is 0 Å². The Bertz CT molecular complexity index is 985. The second kappa shape index (κ2) is 9.29. The van der Waals surface area contributed by atoms with E-state index in [-0.39, 0.29) is 0 Å². The third-order valence-electron chi connectivity index (χ3n) is 6.06. The van der Waals surface area contributed by atoms with Crippen LogP contribution in [0.5, 0.6) is 0 Å². The molecule has 0 amide bonds. The monoisotopic (exact) mass is 429 g/mol. The molecular formula is C28H30PS+. The van der Waals surface area contributed by atoms with Crippen LogP contribution in [0.2, 0.25) is 0 Å². The summed E-state index contributed by atoms with van der Waals surface area (Å²) >= 11 is 2.01. The Morgan fingerprint density at radius 3 is 1.40 bits per heavy atom. The molecular weight excluding hydrogens is 399 g/mol. The van der Waals surface area contributed by atoms with Gasteiger partial charge in [0.2, 0.25) is 0 Å². The van der Waals surface area contributed by atoms with Gasteiger partial charge in [-0.15, -0.1) is 11.3 Å². The molecule has 1 heterocycles. The van der Waals surface area contributed by atoms with Crippen molar-refractivity contribution in [3.05, 3.63) is 112 Å². The highest BCUT2D eigenvalue weighted by molar-refractivity contribution is 7.95. The number of hydrogen-bond acceptors (Lipinski definition) is 1. The first-order valence-corrected chi connectivity index (χ1v) is 13.6. The third-order valence-corrected chi connectivity index (χ3v) is 11.7. The SMILES string of the molecule is CCc1sc(C)c(CC)c1C[P+](c1ccccc1)(c1ccccc1)c1ccccc1. The van der Waals surface area contributed by atoms with Gasteiger partial charge in [0.05, 0.1) is 6.16 Å². The fourth-order valence-corrected chi connectivity index (χ4v) is 10.3. The molecule has 152 valence electrons. The van der Waals surface area contributed by atoms with E-state index in [1.54, 1.807) is 16.0 Å². The van der Waals surface area contributed by atoms with Crippen molar-refractivity contribution in [1.82, 2.24) is 0 Å². The minimum atomic E-state index is -1.84. The van der Waals surface area contributed by atoms with E-state index in [0.29, 0.717) is 0 Å². The molecule has 0 bridgehead atoms. The molecule has 2 heteroatoms. The topological polar surface area (TPSA) is 0 Å². The minimum Gasteiger partial charge on any atom is -0.145 e. The molecule has 30 heavy (non-hydrogen) atoms. The maximum atomic E-state index is 2.35. The zero-order chi connectivity index (χ0) is 21.0. The van der Waals surface area contributed by atoms with Crippen LogP contribution in [-0.4, -0.2) is 0 Å². The molecule has 4 rings (SSSR count). The van der Waals surface area contributed by atoms with E-state index in [2.05, 4.69) is 112 Å². The zero-order valence-electron chi connectivity index (χ0n) is 18.1. The van der Waals surface area contributed by atoms with Gasteiger partial charge in [-0.3, -0.25) is 0 Å². The van der Waals surface area contributed by atoms with Crippen molar-refractivity contribution in [2.24, 2.45) is 0 Å². The van der Waals surface area contributed by atoms with Crippen molar-refractivity contribution in [2.45, 2.75) is 39.8 Å². The van der Waals surface area contributed by atoms with E-state index >= 15 is 0 Å². The van der Waals surface area contributed by atoms with Gasteiger partial charge >= 0.3 is 0 Å². The molecule has 0 aliphatic heterocycles. The fraction of sp³-hybridized carbons (Fsp3) is 0.214. The van der Waals surface area contributed by atoms with Crippen LogP contribution in [0.25, 0.3) is 0 Å². The van der Waals surface area contributed by atoms with Gasteiger partial charge in [0.15, 0.2) is 0 Å². The van der Waals surface area contributed by atoms with Crippen LogP contribution >= 0.6 is 18.6 Å². The molecule has 0 atom stereocenters. The van der Waals surface area contributed by atoms with E-state index in [1.165, 1.54) is 20.8 Å². The summed E-state index contributed by atoms with van der Waals surface area (Å²) in [5, 5.41) is 4.40. The molecule has 1 aromatic heterocycles. The molecule has 0 saturated heterocycles. The lowest BCUT2D eigenvalue weighted by Crippen LogP contribution is -2.32. The predicted octanol–water partition coefficient (Wildman–Crippen LogP) is 6.68. The fourth-order valence-electron chi connectivity index (χ4n) is 4.63. The normalized spacial score (nSPS) is 11.6. The Balaban J connectivity index is 2.04. The van der Waals surface area contributed by atoms with Crippen molar-refractivity contribution in [1.29, 1.82) is 0 Å². The van der Waals surface area contributed by atoms with Gasteiger partial charge in [-0.25, -0.2) is 0 Å². The Morgan fingerprint density at radius 1 is 0.600 bits per heavy atom. The van der Waals surface area contributed by atoms with E-state index in [4.69, 9.17) is 0 Å². The standard InChI is InChI=1S/C28H30PS/c1-4-26-22(3)30-28(5-2)27(26)21-29(23-15-9-6-10-16-23,24-17-11-7-12-18-24)25-19-13-8-14-20-25/h6-20H,4-5,21H2,1-3H3/q+1. The second-order valence-electron chi connectivity index (χ2n) is 7.72. The lowest BCUT2D eigenvalue weighted by Gasteiger charge is -2.28. The van der Waals surface area contributed by atoms with Gasteiger partial charge in [-0.1, -0.05) is 68.4 Å². The van der Waals surface area contributed by atoms with Gasteiger partial charge in [0, 0.05) is 15.3 Å². The van der Waals surface area contributed by atoms with Crippen molar-refractivity contribution in [3.8, 4) is 0 Å². The van der Waals surface area contributed by atoms with Crippen molar-refractivity contribution < 1.29 is 0 Å². The van der Waals surface area contributed by atoms with E-state index in [0.717, 1.165) is 19.0 Å². The summed E-state index contributed by atoms with van der Waals surface area (Å²) in [5.41, 5.74) is 3.18. The first kappa shape index (κ1) is 21.0. The Hall–Kier alpha value is -2.21. The molecule has 0 fully saturated rings. The molecule has 3 aromatic carbocycles. The Kier molecular flexibility index (Phi) is 6.52. The van der Waals surface area contributed by atoms with Gasteiger partial charge in [0.25, 0.3) is 0 Å². The first-order chi connectivity index (χ1) is 14.7. The number of thiophene rings is 1. The molecule has 4 aromatic rings. The highest BCUT2D eigenvalue weighted by Gasteiger charge is 2.46. The van der Waals surface area contributed by atoms with Gasteiger partial charge in [0.1, 0.15) is 23.2 Å². The molecule has 0 saturated carbocycles. The van der Waals surface area contributed by atoms with Crippen molar-refractivity contribution >= 4 is 34.5 Å². The molecule has 0 spiro atoms. The highest BCUT2D eigenvalue weighted by atomic mass is 32.1. The second-order valence-corrected chi connectivity index (χ2v) is 12.5. The Labute approximate surface area is 186 Å². The lowest BCUT2D eigenvalue weighted by atomic mass is 10.1. The maximum Gasteiger partial charge on any atom is 0.116 e. The highest BCUT2D eigenvalue weighted by Crippen LogP contribution is 2.59. The quantitative estimate of drug-likeness (QED) is 0.288. The summed E-state index contributed by atoms with van der Waals surface area (Å²) in [6.45, 7) is 6.92. The lowest BCUT2D eigenvalue weighted by molar-refractivity contribution is 1.07. The molecule has 0 nitrogen and oxygen atoms in total. The predicted molar refractivity (Wildman–Crippen MR) is 137 cm³/mol. The van der Waals surface area contributed by atoms with Gasteiger partial charge < -0.3 is 0 Å². The van der Waals surface area contributed by atoms with Crippen LogP contribution in [0.3, 0.4) is 0 Å². The van der Waals surface area contributed by atoms with Crippen LogP contribution in [0.1, 0.15) is 34.7 Å². The summed E-state index contributed by atoms with van der Waals surface area (Å²) < 4.78 is 0. The van der Waals surface area contributed by atoms with Crippen LogP contribution < -0.4 is 15.9 Å². The maximum absolute atomic E-state index is 2.35. The molecule has 0 aliphatic carbocycles. The van der Waals surface area contributed by atoms with E-state index in [1.807, 2.05) is 11.3 Å². The molecule has 0 radical (unpaired) electrons. The molecule has 0 N–H and O–H groups in total. The van der Waals surface area contributed by atoms with Crippen LogP contribution in [0.15, 0.2) is 91.0 Å². The Morgan fingerprint density at radius 2 is 1.03 bits per heavy atom. The number of benzene rings is 3. The van der Waals surface area contributed by atoms with Crippen molar-refractivity contribution in [2.75, 3.05) is 0 Å². The number of hydrogen-bond donors (Lipinski definition) is 0. The molecule has 0 unspecified atom stereocenters. The average molecular weight is 430 g/mol. The van der Waals surface area contributed by atoms with Crippen LogP contribution in [-0.2, 0) is 19.0 Å². The van der Waals surface area contributed by atoms with Gasteiger partial charge in [-0.05, 0) is 61.7 Å². The minimum absolute atomic E-state index is 1.10. The summed E-state index contributed by atoms with van der Waals surface area (Å²) in [5.74, 6) is 0. The van der Waals surface area contributed by atoms with E-state index < -0.39 is 7.26 Å². The summed E-state index contributed by atoms with van der Waals surface area (Å²) in [6.07, 6.45) is 3.32. The first-order valence-electron chi connectivity index (χ1n) is 10.9. The third kappa shape index (κ3) is 3.78. The average Bonchev–Trinajstić information content (AvgIpc) is 3.13. The smallest absolute Gasteiger partial charge is 0.116 e. The number of rotatable bonds is 7. The summed E-state index contributed by atoms with van der Waals surface area (Å²) in [6, 6.07) is 33.7. The zero-order valence-corrected chi connectivity index (χ0v) is 19.8. The van der Waals surface area contributed by atoms with E-state index in [9.17, 15) is 0 Å². The van der Waals surface area contributed by atoms with Gasteiger partial charge in [-0.2, -0.15) is 0 Å². The summed E-state index contributed by atoms with van der Waals surface area (Å²) in [7, 11) is -1.84. The summed E-state index contributed by atoms with van der Waals surface area (Å²) in [4.78, 5) is 3.06. The largest absolute Gasteiger partial charge is 0.145 e. The van der Waals surface area contributed by atoms with Crippen molar-refractivity contribution in [3.63, 3.8) is 0 Å². The van der Waals surface area contributed by atoms with Crippen LogP contribution in [0, 0.1) is 6.92 Å².